The number of imide groups is 1. The van der Waals surface area contributed by atoms with E-state index >= 15 is 0 Å². The Balaban J connectivity index is 1.62. The number of carbonyl (C=O) groups is 3. The van der Waals surface area contributed by atoms with Crippen molar-refractivity contribution in [3.8, 4) is 5.75 Å². The average molecular weight is 413 g/mol. The highest BCUT2D eigenvalue weighted by Crippen LogP contribution is 2.45. The molecule has 9 heteroatoms. The molecule has 1 aromatic rings. The number of ether oxygens (including phenoxy) is 2. The normalized spacial score (nSPS) is 13.8. The number of thioether (sulfide) groups is 2. The molecule has 1 aromatic carbocycles. The number of carbonyl (C=O) groups excluding carboxylic acids is 3. The SMILES string of the molecule is CCCCNC(=O)NC(=O)COC(=O)COc1ccc(C2SCCS2)cc1. The Morgan fingerprint density at radius 3 is 2.48 bits per heavy atom. The van der Waals surface area contributed by atoms with E-state index in [9.17, 15) is 14.4 Å². The largest absolute Gasteiger partial charge is 0.482 e. The monoisotopic (exact) mass is 412 g/mol. The molecular weight excluding hydrogens is 388 g/mol. The lowest BCUT2D eigenvalue weighted by Crippen LogP contribution is -2.41. The van der Waals surface area contributed by atoms with Crippen LogP contribution in [0.5, 0.6) is 5.75 Å². The first-order chi connectivity index (χ1) is 13.1. The second-order valence-electron chi connectivity index (χ2n) is 5.75. The molecule has 0 radical (unpaired) electrons. The minimum absolute atomic E-state index is 0.303. The van der Waals surface area contributed by atoms with Crippen LogP contribution in [-0.4, -0.2) is 49.2 Å². The minimum atomic E-state index is -0.687. The summed E-state index contributed by atoms with van der Waals surface area (Å²) in [6.07, 6.45) is 1.76. The van der Waals surface area contributed by atoms with Crippen molar-refractivity contribution in [2.45, 2.75) is 24.3 Å². The van der Waals surface area contributed by atoms with Crippen LogP contribution >= 0.6 is 23.5 Å². The summed E-state index contributed by atoms with van der Waals surface area (Å²) in [4.78, 5) is 34.6. The van der Waals surface area contributed by atoms with E-state index in [0.717, 1.165) is 24.3 Å². The van der Waals surface area contributed by atoms with Gasteiger partial charge in [0, 0.05) is 18.1 Å². The van der Waals surface area contributed by atoms with Gasteiger partial charge in [0.2, 0.25) is 0 Å². The average Bonchev–Trinajstić information content (AvgIpc) is 3.20. The van der Waals surface area contributed by atoms with Crippen LogP contribution in [0.1, 0.15) is 29.9 Å². The molecule has 1 fully saturated rings. The molecular formula is C18H24N2O5S2. The maximum atomic E-state index is 11.7. The topological polar surface area (TPSA) is 93.7 Å². The zero-order chi connectivity index (χ0) is 19.5. The number of urea groups is 1. The first-order valence-corrected chi connectivity index (χ1v) is 10.9. The van der Waals surface area contributed by atoms with Crippen LogP contribution in [0.3, 0.4) is 0 Å². The van der Waals surface area contributed by atoms with Crippen molar-refractivity contribution >= 4 is 41.4 Å². The number of hydrogen-bond donors (Lipinski definition) is 2. The molecule has 2 rings (SSSR count). The highest BCUT2D eigenvalue weighted by molar-refractivity contribution is 8.19. The Kier molecular flexibility index (Phi) is 9.34. The van der Waals surface area contributed by atoms with Crippen molar-refractivity contribution in [2.24, 2.45) is 0 Å². The van der Waals surface area contributed by atoms with Crippen molar-refractivity contribution in [3.05, 3.63) is 29.8 Å². The van der Waals surface area contributed by atoms with Gasteiger partial charge >= 0.3 is 12.0 Å². The van der Waals surface area contributed by atoms with Crippen molar-refractivity contribution in [1.29, 1.82) is 0 Å². The third-order valence-electron chi connectivity index (χ3n) is 3.56. The molecule has 3 amide bonds. The first kappa shape index (κ1) is 21.4. The Bertz CT molecular complexity index is 633. The fraction of sp³-hybridized carbons (Fsp3) is 0.500. The summed E-state index contributed by atoms with van der Waals surface area (Å²) in [6.45, 7) is 1.65. The van der Waals surface area contributed by atoms with Gasteiger partial charge in [-0.3, -0.25) is 10.1 Å². The predicted octanol–water partition coefficient (Wildman–Crippen LogP) is 2.71. The second kappa shape index (κ2) is 11.8. The van der Waals surface area contributed by atoms with Crippen LogP contribution < -0.4 is 15.4 Å². The van der Waals surface area contributed by atoms with Gasteiger partial charge in [-0.1, -0.05) is 25.5 Å². The van der Waals surface area contributed by atoms with Crippen LogP contribution in [0.15, 0.2) is 24.3 Å². The Morgan fingerprint density at radius 2 is 1.81 bits per heavy atom. The van der Waals surface area contributed by atoms with Crippen molar-refractivity contribution in [1.82, 2.24) is 10.6 Å². The Labute approximate surface area is 167 Å². The summed E-state index contributed by atoms with van der Waals surface area (Å²) in [7, 11) is 0. The van der Waals surface area contributed by atoms with E-state index < -0.39 is 24.5 Å². The van der Waals surface area contributed by atoms with Crippen molar-refractivity contribution < 1.29 is 23.9 Å². The number of unbranched alkanes of at least 4 members (excludes halogenated alkanes) is 1. The number of nitrogens with one attached hydrogen (secondary N) is 2. The lowest BCUT2D eigenvalue weighted by molar-refractivity contribution is -0.150. The molecule has 1 heterocycles. The first-order valence-electron chi connectivity index (χ1n) is 8.77. The molecule has 0 bridgehead atoms. The molecule has 0 unspecified atom stereocenters. The Hall–Kier alpha value is -1.87. The van der Waals surface area contributed by atoms with E-state index in [2.05, 4.69) is 10.6 Å². The van der Waals surface area contributed by atoms with E-state index in [4.69, 9.17) is 9.47 Å². The molecule has 1 aliphatic rings. The van der Waals surface area contributed by atoms with Gasteiger partial charge in [-0.15, -0.1) is 23.5 Å². The predicted molar refractivity (Wildman–Crippen MR) is 107 cm³/mol. The summed E-state index contributed by atoms with van der Waals surface area (Å²) < 4.78 is 10.6. The van der Waals surface area contributed by atoms with Crippen LogP contribution in [0.2, 0.25) is 0 Å². The van der Waals surface area contributed by atoms with E-state index in [1.807, 2.05) is 54.7 Å². The molecule has 0 saturated carbocycles. The molecule has 1 saturated heterocycles. The highest BCUT2D eigenvalue weighted by atomic mass is 32.2. The van der Waals surface area contributed by atoms with Gasteiger partial charge in [0.1, 0.15) is 5.75 Å². The number of hydrogen-bond acceptors (Lipinski definition) is 7. The molecule has 7 nitrogen and oxygen atoms in total. The standard InChI is InChI=1S/C18H24N2O5S2/c1-2-3-8-19-18(23)20-15(21)11-25-16(22)12-24-14-6-4-13(5-7-14)17-26-9-10-27-17/h4-7,17H,2-3,8-12H2,1H3,(H2,19,20,21,23). The molecule has 2 N–H and O–H groups in total. The van der Waals surface area contributed by atoms with E-state index in [0.29, 0.717) is 16.9 Å². The zero-order valence-electron chi connectivity index (χ0n) is 15.2. The quantitative estimate of drug-likeness (QED) is 0.476. The maximum Gasteiger partial charge on any atom is 0.344 e. The van der Waals surface area contributed by atoms with Crippen LogP contribution in [0.25, 0.3) is 0 Å². The van der Waals surface area contributed by atoms with Gasteiger partial charge in [-0.25, -0.2) is 9.59 Å². The molecule has 27 heavy (non-hydrogen) atoms. The maximum absolute atomic E-state index is 11.7. The third kappa shape index (κ3) is 8.13. The van der Waals surface area contributed by atoms with Gasteiger partial charge < -0.3 is 14.8 Å². The number of amides is 3. The second-order valence-corrected chi connectivity index (χ2v) is 8.47. The van der Waals surface area contributed by atoms with Crippen molar-refractivity contribution in [2.75, 3.05) is 31.3 Å². The fourth-order valence-electron chi connectivity index (χ4n) is 2.19. The lowest BCUT2D eigenvalue weighted by atomic mass is 10.2. The molecule has 1 aliphatic heterocycles. The smallest absolute Gasteiger partial charge is 0.344 e. The van der Waals surface area contributed by atoms with Crippen LogP contribution in [0.4, 0.5) is 4.79 Å². The molecule has 0 aliphatic carbocycles. The van der Waals surface area contributed by atoms with Crippen LogP contribution in [-0.2, 0) is 14.3 Å². The van der Waals surface area contributed by atoms with Crippen LogP contribution in [0, 0.1) is 0 Å². The molecule has 148 valence electrons. The number of rotatable bonds is 9. The summed E-state index contributed by atoms with van der Waals surface area (Å²) >= 11 is 3.84. The van der Waals surface area contributed by atoms with Gasteiger partial charge in [0.15, 0.2) is 13.2 Å². The number of esters is 1. The highest BCUT2D eigenvalue weighted by Gasteiger charge is 2.18. The number of benzene rings is 1. The fourth-order valence-corrected chi connectivity index (χ4v) is 5.05. The van der Waals surface area contributed by atoms with E-state index in [-0.39, 0.29) is 6.61 Å². The summed E-state index contributed by atoms with van der Waals surface area (Å²) in [5.41, 5.74) is 1.23. The van der Waals surface area contributed by atoms with E-state index in [1.54, 1.807) is 0 Å². The molecule has 0 spiro atoms. The zero-order valence-corrected chi connectivity index (χ0v) is 16.8. The lowest BCUT2D eigenvalue weighted by Gasteiger charge is -2.10. The van der Waals surface area contributed by atoms with Gasteiger partial charge in [-0.2, -0.15) is 0 Å². The van der Waals surface area contributed by atoms with Gasteiger partial charge in [-0.05, 0) is 24.1 Å². The van der Waals surface area contributed by atoms with Gasteiger partial charge in [0.05, 0.1) is 4.58 Å². The summed E-state index contributed by atoms with van der Waals surface area (Å²) in [5.74, 6) is 1.51. The molecule has 0 atom stereocenters. The molecule has 0 aromatic heterocycles. The third-order valence-corrected chi connectivity index (χ3v) is 6.67. The van der Waals surface area contributed by atoms with E-state index in [1.165, 1.54) is 5.56 Å². The van der Waals surface area contributed by atoms with Gasteiger partial charge in [0.25, 0.3) is 5.91 Å². The van der Waals surface area contributed by atoms with Crippen molar-refractivity contribution in [3.63, 3.8) is 0 Å². The Morgan fingerprint density at radius 1 is 1.11 bits per heavy atom. The summed E-state index contributed by atoms with van der Waals surface area (Å²) in [5, 5.41) is 4.62. The summed E-state index contributed by atoms with van der Waals surface area (Å²) in [6, 6.07) is 7.01. The minimum Gasteiger partial charge on any atom is -0.482 e.